The van der Waals surface area contributed by atoms with Gasteiger partial charge in [0.25, 0.3) is 0 Å². The molecule has 0 bridgehead atoms. The van der Waals surface area contributed by atoms with E-state index in [-0.39, 0.29) is 0 Å². The molecule has 2 rings (SSSR count). The molecule has 0 aromatic heterocycles. The van der Waals surface area contributed by atoms with Crippen molar-refractivity contribution in [3.05, 3.63) is 64.7 Å². The molecule has 2 aromatic rings. The molecule has 0 aliphatic carbocycles. The number of hydrogen-bond acceptors (Lipinski definition) is 2. The van der Waals surface area contributed by atoms with Crippen LogP contribution >= 0.6 is 0 Å². The summed E-state index contributed by atoms with van der Waals surface area (Å²) in [6.45, 7) is 8.01. The number of nitrogens with one attached hydrogen (secondary N) is 1. The van der Waals surface area contributed by atoms with Crippen LogP contribution in [0.2, 0.25) is 0 Å². The van der Waals surface area contributed by atoms with Gasteiger partial charge >= 0.3 is 0 Å². The minimum absolute atomic E-state index is 0.413. The molecule has 0 aliphatic rings. The fourth-order valence-corrected chi connectivity index (χ4v) is 2.65. The van der Waals surface area contributed by atoms with Gasteiger partial charge in [0.05, 0.1) is 0 Å². The molecule has 0 fully saturated rings. The van der Waals surface area contributed by atoms with Gasteiger partial charge in [-0.2, -0.15) is 0 Å². The van der Waals surface area contributed by atoms with Crippen LogP contribution in [-0.2, 0) is 6.54 Å². The van der Waals surface area contributed by atoms with E-state index in [9.17, 15) is 5.11 Å². The van der Waals surface area contributed by atoms with E-state index in [1.54, 1.807) is 0 Å². The van der Waals surface area contributed by atoms with Crippen LogP contribution in [0.5, 0.6) is 5.75 Å². The Morgan fingerprint density at radius 1 is 1.05 bits per heavy atom. The van der Waals surface area contributed by atoms with Crippen LogP contribution in [0.3, 0.4) is 0 Å². The van der Waals surface area contributed by atoms with Crippen LogP contribution in [0, 0.1) is 13.8 Å². The van der Waals surface area contributed by atoms with E-state index in [4.69, 9.17) is 0 Å². The second-order valence-corrected chi connectivity index (χ2v) is 5.86. The first kappa shape index (κ1) is 15.6. The Morgan fingerprint density at radius 3 is 2.29 bits per heavy atom. The molecule has 0 heterocycles. The Balaban J connectivity index is 1.80. The Labute approximate surface area is 127 Å². The summed E-state index contributed by atoms with van der Waals surface area (Å²) in [5.74, 6) is 0.985. The Morgan fingerprint density at radius 2 is 1.67 bits per heavy atom. The molecular formula is C19H25NO. The molecule has 0 amide bonds. The van der Waals surface area contributed by atoms with Crippen LogP contribution in [0.1, 0.15) is 41.5 Å². The summed E-state index contributed by atoms with van der Waals surface area (Å²) in [7, 11) is 0. The first-order valence-electron chi connectivity index (χ1n) is 7.62. The van der Waals surface area contributed by atoms with Gasteiger partial charge in [-0.3, -0.25) is 0 Å². The molecule has 112 valence electrons. The fraction of sp³-hybridized carbons (Fsp3) is 0.368. The normalized spacial score (nSPS) is 12.3. The van der Waals surface area contributed by atoms with E-state index in [2.05, 4.69) is 54.7 Å². The van der Waals surface area contributed by atoms with Crippen molar-refractivity contribution in [2.45, 2.75) is 39.7 Å². The number of hydrogen-bond donors (Lipinski definition) is 2. The fourth-order valence-electron chi connectivity index (χ4n) is 2.65. The van der Waals surface area contributed by atoms with E-state index >= 15 is 0 Å². The maximum Gasteiger partial charge on any atom is 0.121 e. The summed E-state index contributed by atoms with van der Waals surface area (Å²) in [6.07, 6.45) is 1.13. The zero-order valence-corrected chi connectivity index (χ0v) is 13.2. The first-order valence-corrected chi connectivity index (χ1v) is 7.62. The van der Waals surface area contributed by atoms with E-state index in [1.807, 2.05) is 13.8 Å². The highest BCUT2D eigenvalue weighted by Gasteiger charge is 2.05. The van der Waals surface area contributed by atoms with Crippen LogP contribution in [0.4, 0.5) is 0 Å². The summed E-state index contributed by atoms with van der Waals surface area (Å²) >= 11 is 0. The number of rotatable bonds is 6. The van der Waals surface area contributed by atoms with Gasteiger partial charge < -0.3 is 10.4 Å². The molecule has 1 unspecified atom stereocenters. The average molecular weight is 283 g/mol. The van der Waals surface area contributed by atoms with E-state index < -0.39 is 0 Å². The van der Waals surface area contributed by atoms with Gasteiger partial charge in [0.2, 0.25) is 0 Å². The quantitative estimate of drug-likeness (QED) is 0.775. The molecule has 2 N–H and O–H groups in total. The SMILES string of the molecule is Cc1cc(CNCCC(C)c2ccccc2)cc(C)c1O. The molecule has 21 heavy (non-hydrogen) atoms. The number of benzene rings is 2. The largest absolute Gasteiger partial charge is 0.507 e. The molecule has 0 aliphatic heterocycles. The molecular weight excluding hydrogens is 258 g/mol. The third kappa shape index (κ3) is 4.33. The van der Waals surface area contributed by atoms with Gasteiger partial charge in [0, 0.05) is 6.54 Å². The Bertz CT molecular complexity index is 554. The highest BCUT2D eigenvalue weighted by atomic mass is 16.3. The van der Waals surface area contributed by atoms with Gasteiger partial charge in [-0.15, -0.1) is 0 Å². The van der Waals surface area contributed by atoms with Gasteiger partial charge in [-0.05, 0) is 55.0 Å². The highest BCUT2D eigenvalue weighted by Crippen LogP contribution is 2.23. The summed E-state index contributed by atoms with van der Waals surface area (Å²) < 4.78 is 0. The lowest BCUT2D eigenvalue weighted by atomic mass is 9.98. The van der Waals surface area contributed by atoms with Crippen LogP contribution < -0.4 is 5.32 Å². The number of aromatic hydroxyl groups is 1. The average Bonchev–Trinajstić information content (AvgIpc) is 2.49. The predicted octanol–water partition coefficient (Wildman–Crippen LogP) is 4.29. The molecule has 2 heteroatoms. The maximum absolute atomic E-state index is 9.78. The standard InChI is InChI=1S/C19H25NO/c1-14(18-7-5-4-6-8-18)9-10-20-13-17-11-15(2)19(21)16(3)12-17/h4-8,11-12,14,20-21H,9-10,13H2,1-3H3. The first-order chi connectivity index (χ1) is 10.1. The molecule has 2 nitrogen and oxygen atoms in total. The third-order valence-corrected chi connectivity index (χ3v) is 4.00. The minimum Gasteiger partial charge on any atom is -0.507 e. The molecule has 0 radical (unpaired) electrons. The lowest BCUT2D eigenvalue weighted by Crippen LogP contribution is -2.16. The van der Waals surface area contributed by atoms with Crippen molar-refractivity contribution >= 4 is 0 Å². The molecule has 0 spiro atoms. The molecule has 0 saturated carbocycles. The van der Waals surface area contributed by atoms with Gasteiger partial charge in [-0.1, -0.05) is 49.4 Å². The Kier molecular flexibility index (Phi) is 5.40. The second kappa shape index (κ2) is 7.28. The van der Waals surface area contributed by atoms with Gasteiger partial charge in [0.1, 0.15) is 5.75 Å². The van der Waals surface area contributed by atoms with Crippen LogP contribution in [-0.4, -0.2) is 11.7 Å². The van der Waals surface area contributed by atoms with Crippen molar-refractivity contribution in [1.29, 1.82) is 0 Å². The van der Waals surface area contributed by atoms with Crippen LogP contribution in [0.25, 0.3) is 0 Å². The van der Waals surface area contributed by atoms with E-state index in [0.717, 1.165) is 30.6 Å². The third-order valence-electron chi connectivity index (χ3n) is 4.00. The predicted molar refractivity (Wildman–Crippen MR) is 88.8 cm³/mol. The summed E-state index contributed by atoms with van der Waals surface area (Å²) in [4.78, 5) is 0. The van der Waals surface area contributed by atoms with E-state index in [1.165, 1.54) is 11.1 Å². The summed E-state index contributed by atoms with van der Waals surface area (Å²) in [5, 5.41) is 13.3. The number of phenols is 1. The molecule has 2 aromatic carbocycles. The van der Waals surface area contributed by atoms with Crippen molar-refractivity contribution in [2.24, 2.45) is 0 Å². The number of aryl methyl sites for hydroxylation is 2. The zero-order valence-electron chi connectivity index (χ0n) is 13.2. The minimum atomic E-state index is 0.413. The monoisotopic (exact) mass is 283 g/mol. The summed E-state index contributed by atoms with van der Waals surface area (Å²) in [6, 6.07) is 14.7. The van der Waals surface area contributed by atoms with Crippen molar-refractivity contribution in [3.8, 4) is 5.75 Å². The lowest BCUT2D eigenvalue weighted by Gasteiger charge is -2.13. The smallest absolute Gasteiger partial charge is 0.121 e. The molecule has 0 saturated heterocycles. The van der Waals surface area contributed by atoms with Crippen molar-refractivity contribution in [2.75, 3.05) is 6.54 Å². The lowest BCUT2D eigenvalue weighted by molar-refractivity contribution is 0.466. The molecule has 1 atom stereocenters. The van der Waals surface area contributed by atoms with Crippen molar-refractivity contribution < 1.29 is 5.11 Å². The maximum atomic E-state index is 9.78. The van der Waals surface area contributed by atoms with E-state index in [0.29, 0.717) is 11.7 Å². The summed E-state index contributed by atoms with van der Waals surface area (Å²) in [5.41, 5.74) is 4.53. The number of phenolic OH excluding ortho intramolecular Hbond substituents is 1. The van der Waals surface area contributed by atoms with Gasteiger partial charge in [0.15, 0.2) is 0 Å². The van der Waals surface area contributed by atoms with Crippen molar-refractivity contribution in [1.82, 2.24) is 5.32 Å². The zero-order chi connectivity index (χ0) is 15.2. The Hall–Kier alpha value is -1.80. The second-order valence-electron chi connectivity index (χ2n) is 5.86. The van der Waals surface area contributed by atoms with Crippen LogP contribution in [0.15, 0.2) is 42.5 Å². The topological polar surface area (TPSA) is 32.3 Å². The highest BCUT2D eigenvalue weighted by molar-refractivity contribution is 5.42. The van der Waals surface area contributed by atoms with Gasteiger partial charge in [-0.25, -0.2) is 0 Å². The van der Waals surface area contributed by atoms with Crippen molar-refractivity contribution in [3.63, 3.8) is 0 Å².